The molecule has 0 aliphatic rings. The molecule has 0 saturated heterocycles. The average Bonchev–Trinajstić information content (AvgIpc) is 2.16. The van der Waals surface area contributed by atoms with Gasteiger partial charge in [0.15, 0.2) is 0 Å². The Morgan fingerprint density at radius 2 is 2.00 bits per heavy atom. The van der Waals surface area contributed by atoms with Crippen LogP contribution in [0.25, 0.3) is 0 Å². The van der Waals surface area contributed by atoms with Gasteiger partial charge in [0.2, 0.25) is 0 Å². The molecule has 1 rings (SSSR count). The first-order valence-corrected chi connectivity index (χ1v) is 6.73. The summed E-state index contributed by atoms with van der Waals surface area (Å²) >= 11 is 3.74. The molecular weight excluding hydrogens is 264 g/mol. The van der Waals surface area contributed by atoms with Crippen LogP contribution in [0, 0.1) is 5.41 Å². The van der Waals surface area contributed by atoms with E-state index in [4.69, 9.17) is 0 Å². The first kappa shape index (κ1) is 13.6. The van der Waals surface area contributed by atoms with Crippen molar-refractivity contribution in [2.75, 3.05) is 0 Å². The van der Waals surface area contributed by atoms with Gasteiger partial charge in [0, 0.05) is 4.83 Å². The van der Waals surface area contributed by atoms with Gasteiger partial charge in [0.25, 0.3) is 0 Å². The van der Waals surface area contributed by atoms with Crippen molar-refractivity contribution in [2.45, 2.75) is 44.9 Å². The highest BCUT2D eigenvalue weighted by atomic mass is 79.9. The van der Waals surface area contributed by atoms with Gasteiger partial charge in [-0.15, -0.1) is 0 Å². The van der Waals surface area contributed by atoms with E-state index in [1.807, 2.05) is 12.1 Å². The molecule has 0 aliphatic carbocycles. The largest absolute Gasteiger partial charge is 0.508 e. The summed E-state index contributed by atoms with van der Waals surface area (Å²) in [6, 6.07) is 7.53. The van der Waals surface area contributed by atoms with Gasteiger partial charge in [0.1, 0.15) is 5.75 Å². The van der Waals surface area contributed by atoms with E-state index in [0.717, 1.165) is 12.8 Å². The SMILES string of the molecule is CC(C)(C)C(Br)CCCc1cccc(O)c1. The molecule has 0 radical (unpaired) electrons. The van der Waals surface area contributed by atoms with Crippen LogP contribution in [0.1, 0.15) is 39.2 Å². The molecule has 1 aromatic carbocycles. The van der Waals surface area contributed by atoms with Crippen molar-refractivity contribution in [1.29, 1.82) is 0 Å². The van der Waals surface area contributed by atoms with Crippen LogP contribution >= 0.6 is 15.9 Å². The van der Waals surface area contributed by atoms with Gasteiger partial charge < -0.3 is 5.11 Å². The highest BCUT2D eigenvalue weighted by Gasteiger charge is 2.20. The minimum atomic E-state index is 0.318. The van der Waals surface area contributed by atoms with Crippen LogP contribution in [-0.2, 0) is 6.42 Å². The van der Waals surface area contributed by atoms with Crippen molar-refractivity contribution in [1.82, 2.24) is 0 Å². The molecule has 0 fully saturated rings. The normalized spacial score (nSPS) is 13.8. The summed E-state index contributed by atoms with van der Waals surface area (Å²) in [6.07, 6.45) is 3.35. The summed E-state index contributed by atoms with van der Waals surface area (Å²) in [4.78, 5) is 0.553. The molecule has 1 unspecified atom stereocenters. The fraction of sp³-hybridized carbons (Fsp3) is 0.571. The molecule has 1 aromatic rings. The number of alkyl halides is 1. The predicted molar refractivity (Wildman–Crippen MR) is 73.2 cm³/mol. The van der Waals surface area contributed by atoms with Gasteiger partial charge >= 0.3 is 0 Å². The molecule has 16 heavy (non-hydrogen) atoms. The van der Waals surface area contributed by atoms with Gasteiger partial charge in [0.05, 0.1) is 0 Å². The van der Waals surface area contributed by atoms with Gasteiger partial charge in [-0.3, -0.25) is 0 Å². The Bertz CT molecular complexity index is 328. The average molecular weight is 285 g/mol. The lowest BCUT2D eigenvalue weighted by Gasteiger charge is -2.25. The molecule has 0 amide bonds. The number of phenols is 1. The number of rotatable bonds is 4. The van der Waals surface area contributed by atoms with Crippen LogP contribution in [-0.4, -0.2) is 9.93 Å². The van der Waals surface area contributed by atoms with Crippen LogP contribution in [0.15, 0.2) is 24.3 Å². The second-order valence-corrected chi connectivity index (χ2v) is 6.50. The zero-order valence-electron chi connectivity index (χ0n) is 10.3. The summed E-state index contributed by atoms with van der Waals surface area (Å²) in [5.74, 6) is 0.365. The first-order valence-electron chi connectivity index (χ1n) is 5.81. The summed E-state index contributed by atoms with van der Waals surface area (Å²) in [6.45, 7) is 6.75. The van der Waals surface area contributed by atoms with Gasteiger partial charge in [-0.1, -0.05) is 48.8 Å². The Balaban J connectivity index is 2.36. The molecule has 2 heteroatoms. The molecule has 1 nitrogen and oxygen atoms in total. The van der Waals surface area contributed by atoms with E-state index in [1.165, 1.54) is 12.0 Å². The third kappa shape index (κ3) is 4.56. The van der Waals surface area contributed by atoms with Crippen LogP contribution in [0.2, 0.25) is 0 Å². The summed E-state index contributed by atoms with van der Waals surface area (Å²) in [5.41, 5.74) is 1.53. The number of phenolic OH excluding ortho intramolecular Hbond substituents is 1. The molecule has 1 atom stereocenters. The zero-order valence-corrected chi connectivity index (χ0v) is 11.9. The van der Waals surface area contributed by atoms with Crippen molar-refractivity contribution in [3.63, 3.8) is 0 Å². The summed E-state index contributed by atoms with van der Waals surface area (Å²) < 4.78 is 0. The quantitative estimate of drug-likeness (QED) is 0.806. The van der Waals surface area contributed by atoms with E-state index < -0.39 is 0 Å². The summed E-state index contributed by atoms with van der Waals surface area (Å²) in [7, 11) is 0. The lowest BCUT2D eigenvalue weighted by Crippen LogP contribution is -2.20. The fourth-order valence-electron chi connectivity index (χ4n) is 1.63. The monoisotopic (exact) mass is 284 g/mol. The predicted octanol–water partition coefficient (Wildman–Crippen LogP) is 4.52. The molecule has 0 heterocycles. The fourth-order valence-corrected chi connectivity index (χ4v) is 1.95. The standard InChI is InChI=1S/C14H21BrO/c1-14(2,3)13(15)9-5-7-11-6-4-8-12(16)10-11/h4,6,8,10,13,16H,5,7,9H2,1-3H3. The van der Waals surface area contributed by atoms with E-state index in [-0.39, 0.29) is 0 Å². The van der Waals surface area contributed by atoms with Crippen LogP contribution in [0.5, 0.6) is 5.75 Å². The molecule has 0 aromatic heterocycles. The lowest BCUT2D eigenvalue weighted by atomic mass is 9.89. The van der Waals surface area contributed by atoms with E-state index in [0.29, 0.717) is 16.0 Å². The topological polar surface area (TPSA) is 20.2 Å². The van der Waals surface area contributed by atoms with Crippen molar-refractivity contribution in [3.8, 4) is 5.75 Å². The molecule has 0 spiro atoms. The number of aryl methyl sites for hydroxylation is 1. The van der Waals surface area contributed by atoms with Crippen molar-refractivity contribution in [3.05, 3.63) is 29.8 Å². The maximum atomic E-state index is 9.34. The maximum Gasteiger partial charge on any atom is 0.115 e. The maximum absolute atomic E-state index is 9.34. The highest BCUT2D eigenvalue weighted by molar-refractivity contribution is 9.09. The van der Waals surface area contributed by atoms with Crippen LogP contribution < -0.4 is 0 Å². The first-order chi connectivity index (χ1) is 7.39. The number of aromatic hydroxyl groups is 1. The highest BCUT2D eigenvalue weighted by Crippen LogP contribution is 2.30. The third-order valence-electron chi connectivity index (χ3n) is 2.77. The Morgan fingerprint density at radius 1 is 1.31 bits per heavy atom. The van der Waals surface area contributed by atoms with E-state index in [1.54, 1.807) is 6.07 Å². The van der Waals surface area contributed by atoms with Crippen molar-refractivity contribution < 1.29 is 5.11 Å². The van der Waals surface area contributed by atoms with E-state index >= 15 is 0 Å². The van der Waals surface area contributed by atoms with Gasteiger partial charge in [-0.2, -0.15) is 0 Å². The molecule has 90 valence electrons. The Kier molecular flexibility index (Phi) is 4.85. The second kappa shape index (κ2) is 5.72. The minimum Gasteiger partial charge on any atom is -0.508 e. The second-order valence-electron chi connectivity index (χ2n) is 5.40. The number of hydrogen-bond donors (Lipinski definition) is 1. The zero-order chi connectivity index (χ0) is 12.2. The third-order valence-corrected chi connectivity index (χ3v) is 4.60. The molecule has 1 N–H and O–H groups in total. The minimum absolute atomic E-state index is 0.318. The number of benzene rings is 1. The van der Waals surface area contributed by atoms with Crippen LogP contribution in [0.3, 0.4) is 0 Å². The lowest BCUT2D eigenvalue weighted by molar-refractivity contribution is 0.380. The van der Waals surface area contributed by atoms with E-state index in [2.05, 4.69) is 42.8 Å². The molecule has 0 bridgehead atoms. The van der Waals surface area contributed by atoms with Gasteiger partial charge in [-0.25, -0.2) is 0 Å². The molecular formula is C14H21BrO. The van der Waals surface area contributed by atoms with E-state index in [9.17, 15) is 5.11 Å². The van der Waals surface area contributed by atoms with Crippen molar-refractivity contribution in [2.24, 2.45) is 5.41 Å². The molecule has 0 saturated carbocycles. The molecule has 0 aliphatic heterocycles. The van der Waals surface area contributed by atoms with Gasteiger partial charge in [-0.05, 0) is 42.4 Å². The number of halogens is 1. The smallest absolute Gasteiger partial charge is 0.115 e. The Morgan fingerprint density at radius 3 is 2.56 bits per heavy atom. The Hall–Kier alpha value is -0.500. The van der Waals surface area contributed by atoms with Crippen molar-refractivity contribution >= 4 is 15.9 Å². The van der Waals surface area contributed by atoms with Crippen LogP contribution in [0.4, 0.5) is 0 Å². The number of hydrogen-bond acceptors (Lipinski definition) is 1. The Labute approximate surface area is 107 Å². The summed E-state index contributed by atoms with van der Waals surface area (Å²) in [5, 5.41) is 9.34.